The molecule has 3 aromatic carbocycles. The van der Waals surface area contributed by atoms with Gasteiger partial charge in [-0.25, -0.2) is 4.79 Å². The standard InChI is InChI=1S/C24H23NO2.ClH/c26-24(21-12-7-11-20(17-21)19-9-3-1-4-10-19)27-23-15-8-16-25(18-23)22-13-5-2-6-14-22;/h1-7,9-14,17,23H,8,15-16,18H2;1H. The predicted octanol–water partition coefficient (Wildman–Crippen LogP) is 5.60. The molecular weight excluding hydrogens is 370 g/mol. The number of rotatable bonds is 4. The van der Waals surface area contributed by atoms with Crippen LogP contribution in [0.1, 0.15) is 23.2 Å². The number of piperidine rings is 1. The van der Waals surface area contributed by atoms with Gasteiger partial charge in [-0.3, -0.25) is 0 Å². The van der Waals surface area contributed by atoms with Crippen LogP contribution in [-0.4, -0.2) is 25.2 Å². The molecule has 0 spiro atoms. The molecule has 28 heavy (non-hydrogen) atoms. The van der Waals surface area contributed by atoms with Gasteiger partial charge in [-0.15, -0.1) is 12.4 Å². The highest BCUT2D eigenvalue weighted by Gasteiger charge is 2.24. The van der Waals surface area contributed by atoms with Gasteiger partial charge in [0, 0.05) is 12.2 Å². The first-order valence-corrected chi connectivity index (χ1v) is 9.46. The third-order valence-electron chi connectivity index (χ3n) is 4.98. The number of hydrogen-bond acceptors (Lipinski definition) is 3. The zero-order valence-corrected chi connectivity index (χ0v) is 16.5. The van der Waals surface area contributed by atoms with E-state index in [1.807, 2.05) is 72.8 Å². The molecule has 0 aromatic heterocycles. The summed E-state index contributed by atoms with van der Waals surface area (Å²) in [6.07, 6.45) is 1.86. The molecule has 144 valence electrons. The number of halogens is 1. The van der Waals surface area contributed by atoms with E-state index in [0.29, 0.717) is 5.56 Å². The quantitative estimate of drug-likeness (QED) is 0.540. The fraction of sp³-hybridized carbons (Fsp3) is 0.208. The van der Waals surface area contributed by atoms with Gasteiger partial charge in [-0.05, 0) is 48.2 Å². The Morgan fingerprint density at radius 1 is 0.857 bits per heavy atom. The van der Waals surface area contributed by atoms with E-state index in [1.54, 1.807) is 0 Å². The lowest BCUT2D eigenvalue weighted by atomic mass is 10.0. The number of carbonyl (C=O) groups is 1. The second kappa shape index (κ2) is 9.43. The van der Waals surface area contributed by atoms with Crippen LogP contribution in [0.2, 0.25) is 0 Å². The van der Waals surface area contributed by atoms with E-state index in [1.165, 1.54) is 5.69 Å². The maximum atomic E-state index is 12.7. The molecule has 1 fully saturated rings. The Morgan fingerprint density at radius 2 is 1.54 bits per heavy atom. The Bertz CT molecular complexity index is 899. The number of benzene rings is 3. The first-order chi connectivity index (χ1) is 13.3. The van der Waals surface area contributed by atoms with Crippen molar-refractivity contribution < 1.29 is 9.53 Å². The Morgan fingerprint density at radius 3 is 2.29 bits per heavy atom. The lowest BCUT2D eigenvalue weighted by Gasteiger charge is -2.34. The van der Waals surface area contributed by atoms with E-state index in [2.05, 4.69) is 17.0 Å². The Labute approximate surface area is 172 Å². The summed E-state index contributed by atoms with van der Waals surface area (Å²) in [4.78, 5) is 15.0. The summed E-state index contributed by atoms with van der Waals surface area (Å²) < 4.78 is 5.84. The van der Waals surface area contributed by atoms with Crippen LogP contribution in [-0.2, 0) is 4.74 Å². The van der Waals surface area contributed by atoms with Crippen molar-refractivity contribution in [1.82, 2.24) is 0 Å². The van der Waals surface area contributed by atoms with Crippen molar-refractivity contribution in [1.29, 1.82) is 0 Å². The number of hydrogen-bond donors (Lipinski definition) is 0. The smallest absolute Gasteiger partial charge is 0.338 e. The number of para-hydroxylation sites is 1. The van der Waals surface area contributed by atoms with E-state index in [0.717, 1.165) is 37.1 Å². The molecule has 1 aliphatic rings. The van der Waals surface area contributed by atoms with Gasteiger partial charge in [0.1, 0.15) is 6.10 Å². The molecule has 1 aliphatic heterocycles. The van der Waals surface area contributed by atoms with Gasteiger partial charge >= 0.3 is 5.97 Å². The van der Waals surface area contributed by atoms with Crippen LogP contribution < -0.4 is 4.90 Å². The molecule has 1 saturated heterocycles. The van der Waals surface area contributed by atoms with Crippen LogP contribution in [0.15, 0.2) is 84.9 Å². The molecule has 0 radical (unpaired) electrons. The summed E-state index contributed by atoms with van der Waals surface area (Å²) in [6.45, 7) is 1.75. The van der Waals surface area contributed by atoms with Gasteiger partial charge in [0.25, 0.3) is 0 Å². The van der Waals surface area contributed by atoms with Crippen LogP contribution in [0.25, 0.3) is 11.1 Å². The number of carbonyl (C=O) groups excluding carboxylic acids is 1. The highest BCUT2D eigenvalue weighted by molar-refractivity contribution is 5.91. The summed E-state index contributed by atoms with van der Waals surface area (Å²) >= 11 is 0. The van der Waals surface area contributed by atoms with Crippen molar-refractivity contribution in [2.45, 2.75) is 18.9 Å². The Balaban J connectivity index is 0.00000225. The third-order valence-corrected chi connectivity index (χ3v) is 4.98. The van der Waals surface area contributed by atoms with Crippen molar-refractivity contribution in [3.8, 4) is 11.1 Å². The molecule has 0 bridgehead atoms. The minimum Gasteiger partial charge on any atom is -0.457 e. The Kier molecular flexibility index (Phi) is 6.72. The number of anilines is 1. The van der Waals surface area contributed by atoms with Crippen LogP contribution in [0, 0.1) is 0 Å². The largest absolute Gasteiger partial charge is 0.457 e. The lowest BCUT2D eigenvalue weighted by Crippen LogP contribution is -2.40. The van der Waals surface area contributed by atoms with Crippen LogP contribution in [0.5, 0.6) is 0 Å². The normalized spacial score (nSPS) is 16.1. The maximum Gasteiger partial charge on any atom is 0.338 e. The van der Waals surface area contributed by atoms with Crippen molar-refractivity contribution in [3.63, 3.8) is 0 Å². The monoisotopic (exact) mass is 393 g/mol. The zero-order valence-electron chi connectivity index (χ0n) is 15.7. The molecule has 0 amide bonds. The predicted molar refractivity (Wildman–Crippen MR) is 116 cm³/mol. The van der Waals surface area contributed by atoms with E-state index in [4.69, 9.17) is 4.74 Å². The number of ether oxygens (including phenoxy) is 1. The first-order valence-electron chi connectivity index (χ1n) is 9.46. The van der Waals surface area contributed by atoms with Crippen LogP contribution >= 0.6 is 12.4 Å². The molecule has 3 aromatic rings. The van der Waals surface area contributed by atoms with Gasteiger partial charge in [0.05, 0.1) is 12.1 Å². The molecule has 0 saturated carbocycles. The van der Waals surface area contributed by atoms with E-state index in [9.17, 15) is 4.79 Å². The lowest BCUT2D eigenvalue weighted by molar-refractivity contribution is 0.0270. The summed E-state index contributed by atoms with van der Waals surface area (Å²) in [6, 6.07) is 28.1. The van der Waals surface area contributed by atoms with Crippen molar-refractivity contribution in [2.24, 2.45) is 0 Å². The van der Waals surface area contributed by atoms with Crippen LogP contribution in [0.4, 0.5) is 5.69 Å². The van der Waals surface area contributed by atoms with Gasteiger partial charge < -0.3 is 9.64 Å². The maximum absolute atomic E-state index is 12.7. The first kappa shape index (κ1) is 20.0. The van der Waals surface area contributed by atoms with Crippen LogP contribution in [0.3, 0.4) is 0 Å². The molecule has 1 unspecified atom stereocenters. The van der Waals surface area contributed by atoms with Gasteiger partial charge in [0.2, 0.25) is 0 Å². The molecule has 1 heterocycles. The summed E-state index contributed by atoms with van der Waals surface area (Å²) in [7, 11) is 0. The minimum absolute atomic E-state index is 0. The second-order valence-corrected chi connectivity index (χ2v) is 6.90. The molecule has 0 N–H and O–H groups in total. The van der Waals surface area contributed by atoms with Crippen molar-refractivity contribution in [2.75, 3.05) is 18.0 Å². The average molecular weight is 394 g/mol. The van der Waals surface area contributed by atoms with Crippen molar-refractivity contribution in [3.05, 3.63) is 90.5 Å². The third kappa shape index (κ3) is 4.73. The summed E-state index contributed by atoms with van der Waals surface area (Å²) in [5.41, 5.74) is 3.91. The second-order valence-electron chi connectivity index (χ2n) is 6.90. The van der Waals surface area contributed by atoms with Gasteiger partial charge in [-0.2, -0.15) is 0 Å². The van der Waals surface area contributed by atoms with E-state index in [-0.39, 0.29) is 24.5 Å². The molecule has 4 rings (SSSR count). The molecule has 4 heteroatoms. The van der Waals surface area contributed by atoms with Gasteiger partial charge in [-0.1, -0.05) is 60.7 Å². The van der Waals surface area contributed by atoms with E-state index < -0.39 is 0 Å². The number of esters is 1. The molecular formula is C24H24ClNO2. The zero-order chi connectivity index (χ0) is 18.5. The van der Waals surface area contributed by atoms with Crippen molar-refractivity contribution >= 4 is 24.1 Å². The van der Waals surface area contributed by atoms with Gasteiger partial charge in [0.15, 0.2) is 0 Å². The highest BCUT2D eigenvalue weighted by Crippen LogP contribution is 2.23. The molecule has 0 aliphatic carbocycles. The highest BCUT2D eigenvalue weighted by atomic mass is 35.5. The van der Waals surface area contributed by atoms with E-state index >= 15 is 0 Å². The molecule has 1 atom stereocenters. The SMILES string of the molecule is Cl.O=C(OC1CCCN(c2ccccc2)C1)c1cccc(-c2ccccc2)c1. The molecule has 3 nitrogen and oxygen atoms in total. The number of nitrogens with zero attached hydrogens (tertiary/aromatic N) is 1. The summed E-state index contributed by atoms with van der Waals surface area (Å²) in [5, 5.41) is 0. The minimum atomic E-state index is -0.243. The topological polar surface area (TPSA) is 29.5 Å². The Hall–Kier alpha value is -2.78. The fourth-order valence-electron chi connectivity index (χ4n) is 3.58. The average Bonchev–Trinajstić information content (AvgIpc) is 2.75. The summed E-state index contributed by atoms with van der Waals surface area (Å²) in [5.74, 6) is -0.243. The fourth-order valence-corrected chi connectivity index (χ4v) is 3.58.